The van der Waals surface area contributed by atoms with Crippen LogP contribution in [0.15, 0.2) is 48.7 Å². The SMILES string of the molecule is Cc1cc(Cl)c(OCCOc2ccc([C@H]3CCNC[C@@H]3C(=O)N(Cc3cc(CNC4CC4)ccc3Cl)C3CC3)cn2)c(Cl)c1. The van der Waals surface area contributed by atoms with Crippen LogP contribution < -0.4 is 20.1 Å². The van der Waals surface area contributed by atoms with Crippen molar-refractivity contribution in [3.8, 4) is 11.6 Å². The Labute approximate surface area is 274 Å². The molecule has 0 unspecified atom stereocenters. The molecule has 2 aromatic carbocycles. The minimum absolute atomic E-state index is 0.0743. The zero-order chi connectivity index (χ0) is 30.6. The molecule has 1 amide bonds. The second-order valence-electron chi connectivity index (χ2n) is 12.2. The van der Waals surface area contributed by atoms with Crippen LogP contribution in [-0.4, -0.2) is 54.2 Å². The third-order valence-electron chi connectivity index (χ3n) is 8.60. The van der Waals surface area contributed by atoms with E-state index in [4.69, 9.17) is 44.3 Å². The zero-order valence-corrected chi connectivity index (χ0v) is 27.2. The highest BCUT2D eigenvalue weighted by molar-refractivity contribution is 6.37. The van der Waals surface area contributed by atoms with Crippen LogP contribution >= 0.6 is 34.8 Å². The molecule has 2 aliphatic carbocycles. The largest absolute Gasteiger partial charge is 0.487 e. The van der Waals surface area contributed by atoms with Crippen molar-refractivity contribution in [2.45, 2.75) is 70.1 Å². The maximum absolute atomic E-state index is 14.2. The van der Waals surface area contributed by atoms with E-state index in [1.807, 2.05) is 43.5 Å². The number of hydrogen-bond donors (Lipinski definition) is 2. The molecule has 2 N–H and O–H groups in total. The molecule has 1 aliphatic heterocycles. The molecule has 2 saturated carbocycles. The lowest BCUT2D eigenvalue weighted by Crippen LogP contribution is -2.47. The number of aryl methyl sites for hydroxylation is 1. The number of nitrogens with zero attached hydrogens (tertiary/aromatic N) is 2. The second kappa shape index (κ2) is 14.3. The van der Waals surface area contributed by atoms with E-state index < -0.39 is 0 Å². The van der Waals surface area contributed by atoms with Crippen molar-refractivity contribution in [1.82, 2.24) is 20.5 Å². The molecule has 3 aromatic rings. The predicted molar refractivity (Wildman–Crippen MR) is 175 cm³/mol. The van der Waals surface area contributed by atoms with Crippen molar-refractivity contribution >= 4 is 40.7 Å². The minimum atomic E-state index is -0.172. The fourth-order valence-corrected chi connectivity index (χ4v) is 6.79. The molecule has 2 atom stereocenters. The Kier molecular flexibility index (Phi) is 10.2. The molecule has 3 fully saturated rings. The maximum atomic E-state index is 14.2. The van der Waals surface area contributed by atoms with Crippen molar-refractivity contribution in [1.29, 1.82) is 0 Å². The van der Waals surface area contributed by atoms with Crippen molar-refractivity contribution in [2.75, 3.05) is 26.3 Å². The Balaban J connectivity index is 1.08. The zero-order valence-electron chi connectivity index (χ0n) is 25.0. The number of benzene rings is 2. The summed E-state index contributed by atoms with van der Waals surface area (Å²) in [7, 11) is 0. The Hall–Kier alpha value is -2.55. The number of amides is 1. The molecule has 6 rings (SSSR count). The van der Waals surface area contributed by atoms with Crippen LogP contribution in [0.3, 0.4) is 0 Å². The molecule has 1 saturated heterocycles. The van der Waals surface area contributed by atoms with Crippen LogP contribution in [0, 0.1) is 12.8 Å². The number of hydrogen-bond acceptors (Lipinski definition) is 6. The number of halogens is 3. The Morgan fingerprint density at radius 3 is 2.45 bits per heavy atom. The van der Waals surface area contributed by atoms with Crippen LogP contribution in [0.4, 0.5) is 0 Å². The molecule has 3 aliphatic rings. The van der Waals surface area contributed by atoms with Gasteiger partial charge < -0.3 is 25.0 Å². The van der Waals surface area contributed by atoms with Gasteiger partial charge in [0.1, 0.15) is 13.2 Å². The van der Waals surface area contributed by atoms with Crippen LogP contribution in [0.2, 0.25) is 15.1 Å². The highest BCUT2D eigenvalue weighted by Crippen LogP contribution is 2.37. The lowest BCUT2D eigenvalue weighted by atomic mass is 9.81. The predicted octanol–water partition coefficient (Wildman–Crippen LogP) is 6.94. The average Bonchev–Trinajstić information content (AvgIpc) is 3.95. The summed E-state index contributed by atoms with van der Waals surface area (Å²) in [6, 6.07) is 14.6. The molecule has 10 heteroatoms. The van der Waals surface area contributed by atoms with Gasteiger partial charge in [-0.25, -0.2) is 4.98 Å². The fraction of sp³-hybridized carbons (Fsp3) is 0.471. The van der Waals surface area contributed by atoms with Gasteiger partial charge in [0.2, 0.25) is 11.8 Å². The Bertz CT molecular complexity index is 1440. The molecule has 0 spiro atoms. The number of aromatic nitrogens is 1. The van der Waals surface area contributed by atoms with Gasteiger partial charge in [-0.15, -0.1) is 0 Å². The van der Waals surface area contributed by atoms with Gasteiger partial charge in [-0.2, -0.15) is 0 Å². The summed E-state index contributed by atoms with van der Waals surface area (Å²) < 4.78 is 11.6. The first-order valence-corrected chi connectivity index (χ1v) is 16.7. The number of carbonyl (C=O) groups excluding carboxylic acids is 1. The third-order valence-corrected chi connectivity index (χ3v) is 9.53. The van der Waals surface area contributed by atoms with Gasteiger partial charge in [0.05, 0.1) is 16.0 Å². The number of piperidine rings is 1. The van der Waals surface area contributed by atoms with E-state index in [1.165, 1.54) is 18.4 Å². The fourth-order valence-electron chi connectivity index (χ4n) is 5.91. The van der Waals surface area contributed by atoms with Gasteiger partial charge in [-0.1, -0.05) is 53.0 Å². The number of ether oxygens (including phenoxy) is 2. The van der Waals surface area contributed by atoms with Gasteiger partial charge in [0.15, 0.2) is 5.75 Å². The molecule has 44 heavy (non-hydrogen) atoms. The monoisotopic (exact) mass is 656 g/mol. The highest BCUT2D eigenvalue weighted by Gasteiger charge is 2.40. The lowest BCUT2D eigenvalue weighted by Gasteiger charge is -2.35. The van der Waals surface area contributed by atoms with Gasteiger partial charge in [0, 0.05) is 49.0 Å². The lowest BCUT2D eigenvalue weighted by molar-refractivity contribution is -0.138. The summed E-state index contributed by atoms with van der Waals surface area (Å²) >= 11 is 19.2. The van der Waals surface area contributed by atoms with Gasteiger partial charge in [-0.3, -0.25) is 4.79 Å². The van der Waals surface area contributed by atoms with E-state index >= 15 is 0 Å². The topological polar surface area (TPSA) is 75.7 Å². The van der Waals surface area contributed by atoms with Crippen molar-refractivity contribution in [3.63, 3.8) is 0 Å². The summed E-state index contributed by atoms with van der Waals surface area (Å²) in [4.78, 5) is 20.8. The van der Waals surface area contributed by atoms with Crippen LogP contribution in [0.25, 0.3) is 0 Å². The number of rotatable bonds is 13. The Morgan fingerprint density at radius 1 is 0.977 bits per heavy atom. The quantitative estimate of drug-likeness (QED) is 0.194. The van der Waals surface area contributed by atoms with Crippen molar-refractivity contribution in [2.24, 2.45) is 5.92 Å². The Morgan fingerprint density at radius 2 is 1.75 bits per heavy atom. The van der Waals surface area contributed by atoms with Gasteiger partial charge in [-0.05, 0) is 91.9 Å². The van der Waals surface area contributed by atoms with E-state index in [0.29, 0.717) is 45.8 Å². The van der Waals surface area contributed by atoms with E-state index in [-0.39, 0.29) is 37.0 Å². The molecular weight excluding hydrogens is 619 g/mol. The van der Waals surface area contributed by atoms with Crippen LogP contribution in [-0.2, 0) is 17.9 Å². The van der Waals surface area contributed by atoms with Crippen LogP contribution in [0.1, 0.15) is 60.3 Å². The number of carbonyl (C=O) groups is 1. The normalized spacial score (nSPS) is 19.9. The highest BCUT2D eigenvalue weighted by atomic mass is 35.5. The average molecular weight is 658 g/mol. The molecule has 1 aromatic heterocycles. The van der Waals surface area contributed by atoms with Crippen molar-refractivity contribution < 1.29 is 14.3 Å². The molecule has 0 bridgehead atoms. The maximum Gasteiger partial charge on any atom is 0.228 e. The number of nitrogens with one attached hydrogen (secondary N) is 2. The summed E-state index contributed by atoms with van der Waals surface area (Å²) in [6.07, 6.45) is 7.29. The first-order valence-electron chi connectivity index (χ1n) is 15.5. The second-order valence-corrected chi connectivity index (χ2v) is 13.4. The van der Waals surface area contributed by atoms with Gasteiger partial charge in [0.25, 0.3) is 0 Å². The standard InChI is InChI=1S/C34H39Cl3N4O3/c1-21-14-30(36)33(31(37)15-21)44-13-12-43-32-9-3-23(18-40-32)27-10-11-38-19-28(27)34(42)41(26-6-7-26)20-24-16-22(2-8-29(24)35)17-39-25-4-5-25/h2-3,8-9,14-16,18,25-28,38-39H,4-7,10-13,17,19-20H2,1H3/t27-,28+/m1/s1. The summed E-state index contributed by atoms with van der Waals surface area (Å²) in [6.45, 7) is 5.36. The summed E-state index contributed by atoms with van der Waals surface area (Å²) in [5, 5.41) is 8.69. The number of pyridine rings is 1. The molecular formula is C34H39Cl3N4O3. The summed E-state index contributed by atoms with van der Waals surface area (Å²) in [5.41, 5.74) is 4.24. The van der Waals surface area contributed by atoms with E-state index in [0.717, 1.165) is 49.0 Å². The van der Waals surface area contributed by atoms with E-state index in [2.05, 4.69) is 32.7 Å². The van der Waals surface area contributed by atoms with Gasteiger partial charge >= 0.3 is 0 Å². The summed E-state index contributed by atoms with van der Waals surface area (Å²) in [5.74, 6) is 1.04. The van der Waals surface area contributed by atoms with Crippen LogP contribution in [0.5, 0.6) is 11.6 Å². The first-order chi connectivity index (χ1) is 21.4. The molecule has 2 heterocycles. The minimum Gasteiger partial charge on any atom is -0.487 e. The van der Waals surface area contributed by atoms with E-state index in [1.54, 1.807) is 0 Å². The smallest absolute Gasteiger partial charge is 0.228 e. The molecule has 234 valence electrons. The molecule has 0 radical (unpaired) electrons. The van der Waals surface area contributed by atoms with Crippen molar-refractivity contribution in [3.05, 3.63) is 86.0 Å². The first kappa shape index (κ1) is 31.4. The van der Waals surface area contributed by atoms with E-state index in [9.17, 15) is 4.79 Å². The third kappa shape index (κ3) is 7.99. The molecule has 7 nitrogen and oxygen atoms in total.